The Bertz CT molecular complexity index is 504. The number of carbonyl (C=O) groups excluding carboxylic acids is 1. The van der Waals surface area contributed by atoms with Crippen LogP contribution in [0.2, 0.25) is 5.02 Å². The Hall–Kier alpha value is -0.390. The first-order valence-corrected chi connectivity index (χ1v) is 7.90. The molecule has 21 heavy (non-hydrogen) atoms. The first-order chi connectivity index (χ1) is 9.75. The van der Waals surface area contributed by atoms with Gasteiger partial charge in [-0.1, -0.05) is 46.4 Å². The van der Waals surface area contributed by atoms with Crippen molar-refractivity contribution in [1.82, 2.24) is 9.80 Å². The summed E-state index contributed by atoms with van der Waals surface area (Å²) in [5.74, 6) is -0.473. The Morgan fingerprint density at radius 3 is 2.29 bits per heavy atom. The van der Waals surface area contributed by atoms with Gasteiger partial charge in [0.25, 0.3) is 9.70 Å². The van der Waals surface area contributed by atoms with Crippen LogP contribution in [0.4, 0.5) is 5.69 Å². The zero-order chi connectivity index (χ0) is 15.6. The molecule has 1 aliphatic rings. The van der Waals surface area contributed by atoms with Gasteiger partial charge in [0.1, 0.15) is 0 Å². The summed E-state index contributed by atoms with van der Waals surface area (Å²) in [5, 5.41) is 0.620. The van der Waals surface area contributed by atoms with E-state index in [1.54, 1.807) is 11.0 Å². The summed E-state index contributed by atoms with van der Waals surface area (Å²) in [6.07, 6.45) is 0. The highest BCUT2D eigenvalue weighted by Gasteiger charge is 2.36. The molecule has 1 aromatic carbocycles. The van der Waals surface area contributed by atoms with E-state index < -0.39 is 9.70 Å². The maximum atomic E-state index is 11.9. The van der Waals surface area contributed by atoms with Crippen LogP contribution in [0.15, 0.2) is 18.2 Å². The fraction of sp³-hybridized carbons (Fsp3) is 0.462. The summed E-state index contributed by atoms with van der Waals surface area (Å²) in [7, 11) is 0. The van der Waals surface area contributed by atoms with Gasteiger partial charge in [0, 0.05) is 43.4 Å². The molecule has 1 aromatic rings. The molecule has 0 bridgehead atoms. The molecular weight excluding hydrogens is 356 g/mol. The summed E-state index contributed by atoms with van der Waals surface area (Å²) in [5.41, 5.74) is 7.46. The highest BCUT2D eigenvalue weighted by molar-refractivity contribution is 6.76. The van der Waals surface area contributed by atoms with Gasteiger partial charge in [0.05, 0.1) is 0 Å². The molecule has 0 saturated carbocycles. The molecule has 2 N–H and O–H groups in total. The predicted octanol–water partition coefficient (Wildman–Crippen LogP) is 2.94. The zero-order valence-electron chi connectivity index (χ0n) is 11.2. The Morgan fingerprint density at radius 1 is 1.14 bits per heavy atom. The van der Waals surface area contributed by atoms with E-state index in [9.17, 15) is 4.79 Å². The minimum Gasteiger partial charge on any atom is -0.399 e. The molecule has 0 unspecified atom stereocenters. The largest absolute Gasteiger partial charge is 0.399 e. The number of halogens is 4. The molecule has 1 fully saturated rings. The summed E-state index contributed by atoms with van der Waals surface area (Å²) in [6.45, 7) is 3.20. The molecule has 0 aliphatic carbocycles. The van der Waals surface area contributed by atoms with Gasteiger partial charge in [0.15, 0.2) is 0 Å². The number of carbonyl (C=O) groups is 1. The Balaban J connectivity index is 1.91. The number of amides is 1. The predicted molar refractivity (Wildman–Crippen MR) is 88.0 cm³/mol. The van der Waals surface area contributed by atoms with Gasteiger partial charge in [-0.2, -0.15) is 0 Å². The van der Waals surface area contributed by atoms with E-state index in [-0.39, 0.29) is 0 Å². The fourth-order valence-electron chi connectivity index (χ4n) is 2.31. The van der Waals surface area contributed by atoms with Crippen molar-refractivity contribution < 1.29 is 4.79 Å². The van der Waals surface area contributed by atoms with Crippen LogP contribution >= 0.6 is 46.4 Å². The second-order valence-electron chi connectivity index (χ2n) is 4.96. The second kappa shape index (κ2) is 6.80. The summed E-state index contributed by atoms with van der Waals surface area (Å²) in [6, 6.07) is 5.49. The van der Waals surface area contributed by atoms with Crippen molar-refractivity contribution in [2.75, 3.05) is 31.9 Å². The molecule has 0 radical (unpaired) electrons. The van der Waals surface area contributed by atoms with E-state index >= 15 is 0 Å². The number of nitrogens with two attached hydrogens (primary N) is 1. The van der Waals surface area contributed by atoms with Gasteiger partial charge in [-0.3, -0.25) is 9.69 Å². The van der Waals surface area contributed by atoms with Crippen molar-refractivity contribution in [3.05, 3.63) is 28.8 Å². The van der Waals surface area contributed by atoms with Crippen LogP contribution in [-0.2, 0) is 11.3 Å². The maximum absolute atomic E-state index is 11.9. The normalized spacial score (nSPS) is 17.0. The highest BCUT2D eigenvalue weighted by Crippen LogP contribution is 2.29. The van der Waals surface area contributed by atoms with Crippen LogP contribution in [0, 0.1) is 0 Å². The number of anilines is 1. The average molecular weight is 371 g/mol. The number of piperazine rings is 1. The molecule has 1 saturated heterocycles. The van der Waals surface area contributed by atoms with Gasteiger partial charge >= 0.3 is 0 Å². The zero-order valence-corrected chi connectivity index (χ0v) is 14.2. The molecule has 0 spiro atoms. The van der Waals surface area contributed by atoms with E-state index in [1.807, 2.05) is 12.1 Å². The molecule has 2 rings (SSSR count). The first-order valence-electron chi connectivity index (χ1n) is 6.39. The molecule has 8 heteroatoms. The third-order valence-corrected chi connectivity index (χ3v) is 3.99. The lowest BCUT2D eigenvalue weighted by atomic mass is 10.1. The quantitative estimate of drug-likeness (QED) is 0.643. The number of benzene rings is 1. The number of hydrogen-bond acceptors (Lipinski definition) is 3. The molecule has 4 nitrogen and oxygen atoms in total. The van der Waals surface area contributed by atoms with Gasteiger partial charge in [0.2, 0.25) is 0 Å². The smallest absolute Gasteiger partial charge is 0.274 e. The van der Waals surface area contributed by atoms with E-state index in [2.05, 4.69) is 4.90 Å². The molecule has 0 aromatic heterocycles. The van der Waals surface area contributed by atoms with Gasteiger partial charge < -0.3 is 10.6 Å². The number of nitrogens with zero attached hydrogens (tertiary/aromatic N) is 2. The first kappa shape index (κ1) is 17.0. The Morgan fingerprint density at radius 2 is 1.76 bits per heavy atom. The number of nitrogen functional groups attached to an aromatic ring is 1. The summed E-state index contributed by atoms with van der Waals surface area (Å²) in [4.78, 5) is 15.6. The van der Waals surface area contributed by atoms with Gasteiger partial charge in [-0.15, -0.1) is 0 Å². The van der Waals surface area contributed by atoms with Crippen LogP contribution in [0.5, 0.6) is 0 Å². The van der Waals surface area contributed by atoms with Crippen molar-refractivity contribution in [1.29, 1.82) is 0 Å². The van der Waals surface area contributed by atoms with Gasteiger partial charge in [-0.05, 0) is 23.8 Å². The number of rotatable bonds is 2. The lowest BCUT2D eigenvalue weighted by Gasteiger charge is -2.36. The summed E-state index contributed by atoms with van der Waals surface area (Å²) < 4.78 is -1.89. The third kappa shape index (κ3) is 4.80. The molecule has 0 atom stereocenters. The van der Waals surface area contributed by atoms with Crippen LogP contribution in [0.1, 0.15) is 5.56 Å². The van der Waals surface area contributed by atoms with Crippen LogP contribution in [0.25, 0.3) is 0 Å². The summed E-state index contributed by atoms with van der Waals surface area (Å²) >= 11 is 22.8. The number of alkyl halides is 3. The lowest BCUT2D eigenvalue weighted by molar-refractivity contribution is -0.132. The van der Waals surface area contributed by atoms with Crippen molar-refractivity contribution in [2.24, 2.45) is 0 Å². The van der Waals surface area contributed by atoms with Crippen molar-refractivity contribution in [2.45, 2.75) is 10.3 Å². The average Bonchev–Trinajstić information content (AvgIpc) is 2.36. The molecule has 116 valence electrons. The van der Waals surface area contributed by atoms with Crippen LogP contribution in [0.3, 0.4) is 0 Å². The van der Waals surface area contributed by atoms with Crippen LogP contribution in [-0.4, -0.2) is 45.7 Å². The van der Waals surface area contributed by atoms with Crippen molar-refractivity contribution in [3.63, 3.8) is 0 Å². The Kier molecular flexibility index (Phi) is 5.49. The molecule has 1 heterocycles. The third-order valence-electron chi connectivity index (χ3n) is 3.29. The standard InChI is InChI=1S/C13H15Cl4N3O/c14-10-5-9(6-11(18)7-10)8-19-1-3-20(4-2-19)12(21)13(15,16)17/h5-7H,1-4,8,18H2. The van der Waals surface area contributed by atoms with Crippen molar-refractivity contribution in [3.8, 4) is 0 Å². The lowest BCUT2D eigenvalue weighted by Crippen LogP contribution is -2.51. The second-order valence-corrected chi connectivity index (χ2v) is 7.68. The Labute approximate surface area is 143 Å². The van der Waals surface area contributed by atoms with Crippen molar-refractivity contribution >= 4 is 58.0 Å². The number of hydrogen-bond donors (Lipinski definition) is 1. The van der Waals surface area contributed by atoms with E-state index in [1.165, 1.54) is 0 Å². The molecular formula is C13H15Cl4N3O. The minimum absolute atomic E-state index is 0.473. The van der Waals surface area contributed by atoms with E-state index in [0.29, 0.717) is 36.9 Å². The fourth-order valence-corrected chi connectivity index (χ4v) is 2.94. The van der Waals surface area contributed by atoms with Crippen LogP contribution < -0.4 is 5.73 Å². The van der Waals surface area contributed by atoms with E-state index in [0.717, 1.165) is 12.1 Å². The van der Waals surface area contributed by atoms with Gasteiger partial charge in [-0.25, -0.2) is 0 Å². The SMILES string of the molecule is Nc1cc(Cl)cc(CN2CCN(C(=O)C(Cl)(Cl)Cl)CC2)c1. The highest BCUT2D eigenvalue weighted by atomic mass is 35.6. The monoisotopic (exact) mass is 369 g/mol. The van der Waals surface area contributed by atoms with E-state index in [4.69, 9.17) is 52.1 Å². The maximum Gasteiger partial charge on any atom is 0.274 e. The topological polar surface area (TPSA) is 49.6 Å². The molecule has 1 amide bonds. The minimum atomic E-state index is -1.89. The molecule has 1 aliphatic heterocycles.